The van der Waals surface area contributed by atoms with Crippen molar-refractivity contribution in [1.82, 2.24) is 20.1 Å². The number of hydrogen-bond acceptors (Lipinski definition) is 3. The molecule has 1 aromatic heterocycles. The maximum atomic E-state index is 4.03. The third-order valence-corrected chi connectivity index (χ3v) is 2.01. The molecule has 1 aromatic rings. The maximum absolute atomic E-state index is 4.03. The van der Waals surface area contributed by atoms with E-state index in [0.29, 0.717) is 0 Å². The molecule has 1 atom stereocenters. The van der Waals surface area contributed by atoms with Crippen molar-refractivity contribution in [3.05, 3.63) is 12.2 Å². The Bertz CT molecular complexity index is 331. The van der Waals surface area contributed by atoms with Crippen molar-refractivity contribution in [2.75, 3.05) is 6.54 Å². The summed E-state index contributed by atoms with van der Waals surface area (Å²) in [5, 5.41) is 11.2. The SMILES string of the molecule is CC#CCCNC(C)c1nncn1C. The second-order valence-electron chi connectivity index (χ2n) is 3.15. The predicted molar refractivity (Wildman–Crippen MR) is 55.5 cm³/mol. The Balaban J connectivity index is 2.38. The van der Waals surface area contributed by atoms with E-state index in [0.717, 1.165) is 18.8 Å². The number of aryl methyl sites for hydroxylation is 1. The molecule has 0 aliphatic heterocycles. The summed E-state index contributed by atoms with van der Waals surface area (Å²) in [4.78, 5) is 0. The van der Waals surface area contributed by atoms with Gasteiger partial charge in [0.1, 0.15) is 12.2 Å². The van der Waals surface area contributed by atoms with Crippen molar-refractivity contribution < 1.29 is 0 Å². The molecule has 4 nitrogen and oxygen atoms in total. The number of aromatic nitrogens is 3. The number of nitrogens with one attached hydrogen (secondary N) is 1. The Morgan fingerprint density at radius 3 is 3.00 bits per heavy atom. The second kappa shape index (κ2) is 5.40. The lowest BCUT2D eigenvalue weighted by Gasteiger charge is -2.11. The van der Waals surface area contributed by atoms with Gasteiger partial charge in [0, 0.05) is 20.0 Å². The summed E-state index contributed by atoms with van der Waals surface area (Å²) in [6.45, 7) is 4.81. The summed E-state index contributed by atoms with van der Waals surface area (Å²) in [5.41, 5.74) is 0. The molecule has 0 saturated carbocycles. The molecule has 1 N–H and O–H groups in total. The third kappa shape index (κ3) is 2.86. The van der Waals surface area contributed by atoms with Crippen LogP contribution in [-0.4, -0.2) is 21.3 Å². The van der Waals surface area contributed by atoms with Crippen molar-refractivity contribution >= 4 is 0 Å². The van der Waals surface area contributed by atoms with Crippen LogP contribution >= 0.6 is 0 Å². The van der Waals surface area contributed by atoms with E-state index < -0.39 is 0 Å². The van der Waals surface area contributed by atoms with Crippen LogP contribution in [0, 0.1) is 11.8 Å². The van der Waals surface area contributed by atoms with Gasteiger partial charge in [0.05, 0.1) is 6.04 Å². The topological polar surface area (TPSA) is 42.7 Å². The van der Waals surface area contributed by atoms with Crippen molar-refractivity contribution in [2.45, 2.75) is 26.3 Å². The first-order valence-electron chi connectivity index (χ1n) is 4.72. The molecule has 0 radical (unpaired) electrons. The van der Waals surface area contributed by atoms with Crippen LogP contribution in [0.4, 0.5) is 0 Å². The first kappa shape index (κ1) is 10.7. The summed E-state index contributed by atoms with van der Waals surface area (Å²) in [6, 6.07) is 0.223. The zero-order valence-corrected chi connectivity index (χ0v) is 8.91. The minimum atomic E-state index is 0.223. The van der Waals surface area contributed by atoms with Gasteiger partial charge in [-0.05, 0) is 13.8 Å². The molecule has 0 amide bonds. The minimum Gasteiger partial charge on any atom is -0.319 e. The first-order chi connectivity index (χ1) is 6.75. The monoisotopic (exact) mass is 192 g/mol. The molecule has 1 heterocycles. The normalized spacial score (nSPS) is 11.9. The van der Waals surface area contributed by atoms with Gasteiger partial charge < -0.3 is 9.88 Å². The highest BCUT2D eigenvalue weighted by atomic mass is 15.3. The van der Waals surface area contributed by atoms with Crippen LogP contribution in [0.1, 0.15) is 32.1 Å². The molecule has 1 rings (SSSR count). The lowest BCUT2D eigenvalue weighted by atomic mass is 10.3. The van der Waals surface area contributed by atoms with Crippen molar-refractivity contribution in [2.24, 2.45) is 7.05 Å². The van der Waals surface area contributed by atoms with Crippen LogP contribution in [-0.2, 0) is 7.05 Å². The first-order valence-corrected chi connectivity index (χ1v) is 4.72. The van der Waals surface area contributed by atoms with E-state index in [1.807, 2.05) is 18.5 Å². The average Bonchev–Trinajstić information content (AvgIpc) is 2.59. The zero-order chi connectivity index (χ0) is 10.4. The van der Waals surface area contributed by atoms with Crippen molar-refractivity contribution in [3.63, 3.8) is 0 Å². The smallest absolute Gasteiger partial charge is 0.149 e. The maximum Gasteiger partial charge on any atom is 0.149 e. The molecule has 0 bridgehead atoms. The summed E-state index contributed by atoms with van der Waals surface area (Å²) >= 11 is 0. The third-order valence-electron chi connectivity index (χ3n) is 2.01. The van der Waals surface area contributed by atoms with E-state index in [9.17, 15) is 0 Å². The number of nitrogens with zero attached hydrogens (tertiary/aromatic N) is 3. The number of rotatable bonds is 4. The van der Waals surface area contributed by atoms with Gasteiger partial charge in [-0.25, -0.2) is 0 Å². The molecular formula is C10H16N4. The van der Waals surface area contributed by atoms with E-state index in [1.165, 1.54) is 0 Å². The molecule has 0 aliphatic carbocycles. The molecular weight excluding hydrogens is 176 g/mol. The van der Waals surface area contributed by atoms with Crippen molar-refractivity contribution in [1.29, 1.82) is 0 Å². The Morgan fingerprint density at radius 1 is 1.64 bits per heavy atom. The fourth-order valence-electron chi connectivity index (χ4n) is 1.25. The van der Waals surface area contributed by atoms with Gasteiger partial charge in [0.15, 0.2) is 0 Å². The Labute approximate surface area is 84.7 Å². The van der Waals surface area contributed by atoms with Gasteiger partial charge in [-0.3, -0.25) is 0 Å². The summed E-state index contributed by atoms with van der Waals surface area (Å²) < 4.78 is 1.92. The van der Waals surface area contributed by atoms with Crippen LogP contribution in [0.5, 0.6) is 0 Å². The molecule has 1 unspecified atom stereocenters. The Kier molecular flexibility index (Phi) is 4.14. The molecule has 0 aromatic carbocycles. The van der Waals surface area contributed by atoms with Gasteiger partial charge in [-0.15, -0.1) is 22.0 Å². The lowest BCUT2D eigenvalue weighted by molar-refractivity contribution is 0.536. The van der Waals surface area contributed by atoms with Crippen LogP contribution in [0.25, 0.3) is 0 Å². The highest BCUT2D eigenvalue weighted by molar-refractivity contribution is 4.96. The largest absolute Gasteiger partial charge is 0.319 e. The molecule has 4 heteroatoms. The summed E-state index contributed by atoms with van der Waals surface area (Å²) in [6.07, 6.45) is 2.58. The van der Waals surface area contributed by atoms with Crippen LogP contribution in [0.2, 0.25) is 0 Å². The molecule has 0 saturated heterocycles. The minimum absolute atomic E-state index is 0.223. The molecule has 0 aliphatic rings. The van der Waals surface area contributed by atoms with Gasteiger partial charge in [-0.1, -0.05) is 0 Å². The molecule has 0 fully saturated rings. The predicted octanol–water partition coefficient (Wildman–Crippen LogP) is 0.879. The summed E-state index contributed by atoms with van der Waals surface area (Å²) in [7, 11) is 1.94. The van der Waals surface area contributed by atoms with E-state index in [-0.39, 0.29) is 6.04 Å². The Morgan fingerprint density at radius 2 is 2.43 bits per heavy atom. The van der Waals surface area contributed by atoms with Gasteiger partial charge in [-0.2, -0.15) is 0 Å². The molecule has 76 valence electrons. The quantitative estimate of drug-likeness (QED) is 0.569. The molecule has 14 heavy (non-hydrogen) atoms. The fraction of sp³-hybridized carbons (Fsp3) is 0.600. The van der Waals surface area contributed by atoms with Crippen molar-refractivity contribution in [3.8, 4) is 11.8 Å². The highest BCUT2D eigenvalue weighted by Gasteiger charge is 2.09. The van der Waals surface area contributed by atoms with E-state index in [2.05, 4.69) is 34.3 Å². The average molecular weight is 192 g/mol. The standard InChI is InChI=1S/C10H16N4/c1-4-5-6-7-11-9(2)10-13-12-8-14(10)3/h8-9,11H,6-7H2,1-3H3. The number of hydrogen-bond donors (Lipinski definition) is 1. The van der Waals surface area contributed by atoms with Crippen LogP contribution in [0.3, 0.4) is 0 Å². The zero-order valence-electron chi connectivity index (χ0n) is 8.91. The van der Waals surface area contributed by atoms with Gasteiger partial charge in [0.25, 0.3) is 0 Å². The fourth-order valence-corrected chi connectivity index (χ4v) is 1.25. The van der Waals surface area contributed by atoms with E-state index in [1.54, 1.807) is 6.33 Å². The van der Waals surface area contributed by atoms with Crippen LogP contribution in [0.15, 0.2) is 6.33 Å². The van der Waals surface area contributed by atoms with Gasteiger partial charge in [0.2, 0.25) is 0 Å². The van der Waals surface area contributed by atoms with Crippen LogP contribution < -0.4 is 5.32 Å². The second-order valence-corrected chi connectivity index (χ2v) is 3.15. The van der Waals surface area contributed by atoms with E-state index >= 15 is 0 Å². The highest BCUT2D eigenvalue weighted by Crippen LogP contribution is 2.06. The van der Waals surface area contributed by atoms with E-state index in [4.69, 9.17) is 0 Å². The lowest BCUT2D eigenvalue weighted by Crippen LogP contribution is -2.22. The van der Waals surface area contributed by atoms with Gasteiger partial charge >= 0.3 is 0 Å². The summed E-state index contributed by atoms with van der Waals surface area (Å²) in [5.74, 6) is 6.83. The molecule has 0 spiro atoms. The Hall–Kier alpha value is -1.34.